The number of carboxylic acids is 1. The van der Waals surface area contributed by atoms with E-state index in [1.54, 1.807) is 0 Å². The van der Waals surface area contributed by atoms with Gasteiger partial charge in [0.2, 0.25) is 0 Å². The summed E-state index contributed by atoms with van der Waals surface area (Å²) < 4.78 is 38.9. The van der Waals surface area contributed by atoms with Crippen LogP contribution < -0.4 is 15.9 Å². The van der Waals surface area contributed by atoms with Gasteiger partial charge in [0.1, 0.15) is 0 Å². The van der Waals surface area contributed by atoms with Crippen LogP contribution in [0.1, 0.15) is 40.1 Å². The van der Waals surface area contributed by atoms with Gasteiger partial charge in [-0.2, -0.15) is 23.3 Å². The van der Waals surface area contributed by atoms with Gasteiger partial charge in [-0.1, -0.05) is 6.07 Å². The molecule has 2 aromatic carbocycles. The Kier molecular flexibility index (Phi) is 6.01. The van der Waals surface area contributed by atoms with E-state index in [4.69, 9.17) is 5.11 Å². The molecule has 166 valence electrons. The minimum absolute atomic E-state index is 0.0193. The summed E-state index contributed by atoms with van der Waals surface area (Å²) in [6, 6.07) is 9.42. The molecule has 0 aromatic heterocycles. The molecule has 1 heterocycles. The number of aromatic carboxylic acids is 1. The van der Waals surface area contributed by atoms with E-state index >= 15 is 0 Å². The van der Waals surface area contributed by atoms with Crippen LogP contribution in [0.25, 0.3) is 0 Å². The standard InChI is InChI=1S/C21H17F3N4O4/c1-11(25-26-18(29)13-6-8-14(9-7-13)20(31)32)17-12(2)27-28(19(17)30)16-5-3-4-15(10-16)21(22,23)24/h3-10,25H,1-2H3,(H,26,29)(H,31,32). The highest BCUT2D eigenvalue weighted by Gasteiger charge is 2.34. The quantitative estimate of drug-likeness (QED) is 0.482. The minimum atomic E-state index is -4.57. The van der Waals surface area contributed by atoms with Gasteiger partial charge in [0.05, 0.1) is 28.1 Å². The Bertz CT molecular complexity index is 1150. The third kappa shape index (κ3) is 4.61. The van der Waals surface area contributed by atoms with Gasteiger partial charge in [0, 0.05) is 11.3 Å². The molecule has 0 unspecified atom stereocenters. The van der Waals surface area contributed by atoms with Gasteiger partial charge in [-0.05, 0) is 56.3 Å². The summed E-state index contributed by atoms with van der Waals surface area (Å²) in [6.07, 6.45) is -4.57. The van der Waals surface area contributed by atoms with Crippen molar-refractivity contribution in [3.63, 3.8) is 0 Å². The molecular formula is C21H17F3N4O4. The Morgan fingerprint density at radius 2 is 1.66 bits per heavy atom. The molecule has 32 heavy (non-hydrogen) atoms. The monoisotopic (exact) mass is 446 g/mol. The van der Waals surface area contributed by atoms with Crippen molar-refractivity contribution in [1.82, 2.24) is 10.9 Å². The third-order valence-electron chi connectivity index (χ3n) is 4.57. The largest absolute Gasteiger partial charge is 0.478 e. The van der Waals surface area contributed by atoms with E-state index in [0.29, 0.717) is 0 Å². The van der Waals surface area contributed by atoms with Gasteiger partial charge in [0.25, 0.3) is 11.8 Å². The van der Waals surface area contributed by atoms with E-state index in [1.807, 2.05) is 0 Å². The van der Waals surface area contributed by atoms with Crippen LogP contribution >= 0.6 is 0 Å². The number of alkyl halides is 3. The first kappa shape index (κ1) is 22.5. The maximum absolute atomic E-state index is 13.0. The van der Waals surface area contributed by atoms with Gasteiger partial charge in [-0.25, -0.2) is 4.79 Å². The van der Waals surface area contributed by atoms with Crippen molar-refractivity contribution in [2.45, 2.75) is 20.0 Å². The zero-order valence-corrected chi connectivity index (χ0v) is 16.8. The molecule has 0 saturated heterocycles. The van der Waals surface area contributed by atoms with Gasteiger partial charge in [-0.15, -0.1) is 0 Å². The van der Waals surface area contributed by atoms with Crippen molar-refractivity contribution >= 4 is 29.2 Å². The molecule has 0 fully saturated rings. The highest BCUT2D eigenvalue weighted by molar-refractivity contribution is 6.30. The number of hydrazone groups is 1. The van der Waals surface area contributed by atoms with E-state index in [0.717, 1.165) is 17.1 Å². The van der Waals surface area contributed by atoms with Crippen LogP contribution in [0.4, 0.5) is 18.9 Å². The first-order valence-corrected chi connectivity index (χ1v) is 9.17. The summed E-state index contributed by atoms with van der Waals surface area (Å²) in [5.74, 6) is -2.38. The number of amides is 2. The van der Waals surface area contributed by atoms with Crippen molar-refractivity contribution in [1.29, 1.82) is 0 Å². The van der Waals surface area contributed by atoms with Crippen molar-refractivity contribution < 1.29 is 32.7 Å². The van der Waals surface area contributed by atoms with Crippen LogP contribution in [0.5, 0.6) is 0 Å². The van der Waals surface area contributed by atoms with Crippen LogP contribution in [-0.2, 0) is 11.0 Å². The maximum Gasteiger partial charge on any atom is 0.416 e. The summed E-state index contributed by atoms with van der Waals surface area (Å²) in [5, 5.41) is 13.8. The molecule has 1 aliphatic heterocycles. The summed E-state index contributed by atoms with van der Waals surface area (Å²) in [5.41, 5.74) is 4.76. The number of allylic oxidation sites excluding steroid dienone is 1. The number of nitrogens with zero attached hydrogens (tertiary/aromatic N) is 2. The second-order valence-electron chi connectivity index (χ2n) is 6.81. The lowest BCUT2D eigenvalue weighted by Gasteiger charge is -2.15. The Morgan fingerprint density at radius 1 is 1.03 bits per heavy atom. The molecule has 1 aliphatic rings. The maximum atomic E-state index is 13.0. The third-order valence-corrected chi connectivity index (χ3v) is 4.57. The SMILES string of the molecule is CC1=NN(c2cccc(C(F)(F)F)c2)C(=O)C1=C(C)NNC(=O)c1ccc(C(=O)O)cc1. The summed E-state index contributed by atoms with van der Waals surface area (Å²) in [4.78, 5) is 35.9. The molecule has 11 heteroatoms. The Balaban J connectivity index is 1.75. The molecule has 0 saturated carbocycles. The average Bonchev–Trinajstić information content (AvgIpc) is 3.05. The fourth-order valence-corrected chi connectivity index (χ4v) is 2.98. The summed E-state index contributed by atoms with van der Waals surface area (Å²) >= 11 is 0. The fraction of sp³-hybridized carbons (Fsp3) is 0.143. The Hall–Kier alpha value is -4.15. The number of carboxylic acid groups (broad SMARTS) is 1. The Labute approximate surface area is 180 Å². The predicted octanol–water partition coefficient (Wildman–Crippen LogP) is 3.33. The lowest BCUT2D eigenvalue weighted by Crippen LogP contribution is -2.37. The van der Waals surface area contributed by atoms with E-state index in [9.17, 15) is 27.6 Å². The molecule has 2 aromatic rings. The van der Waals surface area contributed by atoms with E-state index in [-0.39, 0.29) is 33.8 Å². The number of nitrogens with one attached hydrogen (secondary N) is 2. The number of rotatable bonds is 5. The molecule has 3 rings (SSSR count). The van der Waals surface area contributed by atoms with Gasteiger partial charge < -0.3 is 10.5 Å². The first-order chi connectivity index (χ1) is 15.0. The zero-order valence-electron chi connectivity index (χ0n) is 16.8. The van der Waals surface area contributed by atoms with Crippen molar-refractivity contribution in [2.75, 3.05) is 5.01 Å². The second-order valence-corrected chi connectivity index (χ2v) is 6.81. The minimum Gasteiger partial charge on any atom is -0.478 e. The Morgan fingerprint density at radius 3 is 2.25 bits per heavy atom. The average molecular weight is 446 g/mol. The number of hydrazine groups is 1. The van der Waals surface area contributed by atoms with Crippen LogP contribution in [0.2, 0.25) is 0 Å². The zero-order chi connectivity index (χ0) is 23.6. The summed E-state index contributed by atoms with van der Waals surface area (Å²) in [6.45, 7) is 3.01. The van der Waals surface area contributed by atoms with Crippen LogP contribution in [-0.4, -0.2) is 28.6 Å². The van der Waals surface area contributed by atoms with Crippen LogP contribution in [0.15, 0.2) is 64.9 Å². The number of carbonyl (C=O) groups is 3. The topological polar surface area (TPSA) is 111 Å². The smallest absolute Gasteiger partial charge is 0.416 e. The number of benzene rings is 2. The predicted molar refractivity (Wildman–Crippen MR) is 109 cm³/mol. The van der Waals surface area contributed by atoms with Gasteiger partial charge >= 0.3 is 12.1 Å². The number of carbonyl (C=O) groups excluding carboxylic acids is 2. The first-order valence-electron chi connectivity index (χ1n) is 9.17. The highest BCUT2D eigenvalue weighted by Crippen LogP contribution is 2.33. The fourth-order valence-electron chi connectivity index (χ4n) is 2.98. The van der Waals surface area contributed by atoms with Gasteiger partial charge in [-0.3, -0.25) is 15.0 Å². The second kappa shape index (κ2) is 8.53. The van der Waals surface area contributed by atoms with Crippen LogP contribution in [0.3, 0.4) is 0 Å². The summed E-state index contributed by atoms with van der Waals surface area (Å²) in [7, 11) is 0. The lowest BCUT2D eigenvalue weighted by molar-refractivity contribution is -0.137. The number of halogens is 3. The van der Waals surface area contributed by atoms with E-state index < -0.39 is 29.5 Å². The number of anilines is 1. The molecular weight excluding hydrogens is 429 g/mol. The molecule has 3 N–H and O–H groups in total. The van der Waals surface area contributed by atoms with Crippen LogP contribution in [0, 0.1) is 0 Å². The van der Waals surface area contributed by atoms with Crippen molar-refractivity contribution in [2.24, 2.45) is 5.10 Å². The normalized spacial score (nSPS) is 15.3. The highest BCUT2D eigenvalue weighted by atomic mass is 19.4. The van der Waals surface area contributed by atoms with E-state index in [2.05, 4.69) is 16.0 Å². The molecule has 0 bridgehead atoms. The molecule has 2 amide bonds. The molecule has 0 aliphatic carbocycles. The molecule has 8 nitrogen and oxygen atoms in total. The van der Waals surface area contributed by atoms with Crippen molar-refractivity contribution in [3.8, 4) is 0 Å². The molecule has 0 spiro atoms. The van der Waals surface area contributed by atoms with E-state index in [1.165, 1.54) is 50.2 Å². The van der Waals surface area contributed by atoms with Crippen molar-refractivity contribution in [3.05, 3.63) is 76.5 Å². The molecule has 0 radical (unpaired) electrons. The van der Waals surface area contributed by atoms with Gasteiger partial charge in [0.15, 0.2) is 0 Å². The number of hydrogen-bond acceptors (Lipinski definition) is 5. The molecule has 0 atom stereocenters. The number of hydrogen-bond donors (Lipinski definition) is 3. The lowest BCUT2D eigenvalue weighted by atomic mass is 10.1.